The minimum absolute atomic E-state index is 0.0447. The second-order valence-electron chi connectivity index (χ2n) is 8.98. The normalized spacial score (nSPS) is 28.9. The van der Waals surface area contributed by atoms with Crippen LogP contribution in [0.4, 0.5) is 0 Å². The molecular weight excluding hydrogens is 398 g/mol. The maximum Gasteiger partial charge on any atom is 0.380 e. The third-order valence-corrected chi connectivity index (χ3v) is 6.45. The minimum atomic E-state index is -2.20. The Morgan fingerprint density at radius 2 is 1.62 bits per heavy atom. The fourth-order valence-electron chi connectivity index (χ4n) is 4.46. The minimum Gasteiger partial charge on any atom is -0.492 e. The number of aromatic hydroxyl groups is 2. The van der Waals surface area contributed by atoms with Crippen LogP contribution < -0.4 is 4.28 Å². The number of rotatable bonds is 5. The van der Waals surface area contributed by atoms with Crippen molar-refractivity contribution in [3.05, 3.63) is 23.3 Å². The molecule has 0 radical (unpaired) electrons. The van der Waals surface area contributed by atoms with Gasteiger partial charge in [-0.05, 0) is 52.9 Å². The molecule has 1 aromatic rings. The van der Waals surface area contributed by atoms with Gasteiger partial charge in [-0.3, -0.25) is 13.3 Å². The van der Waals surface area contributed by atoms with Gasteiger partial charge < -0.3 is 14.9 Å². The summed E-state index contributed by atoms with van der Waals surface area (Å²) in [4.78, 5) is 12.2. The van der Waals surface area contributed by atoms with Crippen molar-refractivity contribution in [1.29, 1.82) is 0 Å². The largest absolute Gasteiger partial charge is 0.492 e. The molecule has 0 aromatic carbocycles. The van der Waals surface area contributed by atoms with Crippen molar-refractivity contribution < 1.29 is 32.4 Å². The van der Waals surface area contributed by atoms with E-state index in [4.69, 9.17) is 13.2 Å². The lowest BCUT2D eigenvalue weighted by Gasteiger charge is -2.29. The van der Waals surface area contributed by atoms with Gasteiger partial charge in [0.25, 0.3) is 0 Å². The first kappa shape index (κ1) is 20.3. The number of carbonyl (C=O) groups excluding carboxylic acids is 1. The Balaban J connectivity index is 1.32. The number of esters is 1. The molecule has 1 aromatic heterocycles. The Bertz CT molecular complexity index is 826. The number of aromatic nitrogens is 1. The standard InChI is InChI=1S/C20H27NO7S/c1-20(2,3)26-19(24)11-6-8-14(9-7-11)27-29(25)28-21-17(22)15-12-4-5-13(10-12)16(15)18(21)23/h4-5,11-14,22-23H,6-10H2,1-3H3. The Kier molecular flexibility index (Phi) is 5.14. The number of carbonyl (C=O) groups is 1. The molecular formula is C20H27NO7S. The number of nitrogens with zero attached hydrogens (tertiary/aromatic N) is 1. The summed E-state index contributed by atoms with van der Waals surface area (Å²) in [5.41, 5.74) is 0.741. The van der Waals surface area contributed by atoms with Gasteiger partial charge >= 0.3 is 17.3 Å². The Morgan fingerprint density at radius 1 is 1.07 bits per heavy atom. The molecule has 2 bridgehead atoms. The van der Waals surface area contributed by atoms with Crippen LogP contribution in [0.5, 0.6) is 11.8 Å². The molecule has 29 heavy (non-hydrogen) atoms. The maximum atomic E-state index is 12.3. The first-order valence-corrected chi connectivity index (χ1v) is 11.0. The molecule has 4 rings (SSSR count). The first-order valence-electron chi connectivity index (χ1n) is 9.99. The average Bonchev–Trinajstić information content (AvgIpc) is 3.31. The van der Waals surface area contributed by atoms with Crippen LogP contribution in [0.1, 0.15) is 75.8 Å². The van der Waals surface area contributed by atoms with E-state index in [1.54, 1.807) is 0 Å². The van der Waals surface area contributed by atoms with Gasteiger partial charge in [0.2, 0.25) is 11.8 Å². The Labute approximate surface area is 172 Å². The van der Waals surface area contributed by atoms with Gasteiger partial charge in [-0.25, -0.2) is 0 Å². The van der Waals surface area contributed by atoms with Crippen molar-refractivity contribution in [1.82, 2.24) is 4.73 Å². The van der Waals surface area contributed by atoms with Crippen molar-refractivity contribution in [2.45, 2.75) is 76.4 Å². The smallest absolute Gasteiger partial charge is 0.380 e. The highest BCUT2D eigenvalue weighted by atomic mass is 32.2. The summed E-state index contributed by atoms with van der Waals surface area (Å²) < 4.78 is 29.2. The van der Waals surface area contributed by atoms with E-state index in [-0.39, 0.29) is 41.6 Å². The second kappa shape index (κ2) is 7.36. The summed E-state index contributed by atoms with van der Waals surface area (Å²) in [6, 6.07) is 0. The summed E-state index contributed by atoms with van der Waals surface area (Å²) in [7, 11) is 0. The predicted octanol–water partition coefficient (Wildman–Crippen LogP) is 2.96. The van der Waals surface area contributed by atoms with Gasteiger partial charge in [-0.1, -0.05) is 16.9 Å². The lowest BCUT2D eigenvalue weighted by atomic mass is 9.87. The molecule has 160 valence electrons. The van der Waals surface area contributed by atoms with Gasteiger partial charge in [0.05, 0.1) is 12.0 Å². The zero-order valence-corrected chi connectivity index (χ0v) is 17.6. The molecule has 1 heterocycles. The summed E-state index contributed by atoms with van der Waals surface area (Å²) in [5, 5.41) is 20.8. The van der Waals surface area contributed by atoms with Gasteiger partial charge in [0, 0.05) is 23.0 Å². The summed E-state index contributed by atoms with van der Waals surface area (Å²) in [6.45, 7) is 5.51. The molecule has 0 amide bonds. The Hall–Kier alpha value is -2.00. The van der Waals surface area contributed by atoms with Crippen LogP contribution in [0.3, 0.4) is 0 Å². The van der Waals surface area contributed by atoms with Gasteiger partial charge in [-0.2, -0.15) is 4.21 Å². The van der Waals surface area contributed by atoms with Crippen LogP contribution in [-0.2, 0) is 25.1 Å². The van der Waals surface area contributed by atoms with Crippen LogP contribution in [0, 0.1) is 5.92 Å². The number of hydrogen-bond acceptors (Lipinski definition) is 7. The molecule has 3 atom stereocenters. The highest BCUT2D eigenvalue weighted by molar-refractivity contribution is 7.75. The number of ether oxygens (including phenoxy) is 1. The van der Waals surface area contributed by atoms with Crippen LogP contribution in [0.15, 0.2) is 12.2 Å². The van der Waals surface area contributed by atoms with E-state index in [2.05, 4.69) is 0 Å². The predicted molar refractivity (Wildman–Crippen MR) is 104 cm³/mol. The number of hydrogen-bond donors (Lipinski definition) is 2. The van der Waals surface area contributed by atoms with E-state index in [1.807, 2.05) is 32.9 Å². The molecule has 0 aliphatic heterocycles. The lowest BCUT2D eigenvalue weighted by molar-refractivity contribution is -0.161. The number of allylic oxidation sites excluding steroid dienone is 2. The molecule has 3 aliphatic rings. The van der Waals surface area contributed by atoms with E-state index in [9.17, 15) is 19.2 Å². The molecule has 1 saturated carbocycles. The summed E-state index contributed by atoms with van der Waals surface area (Å²) in [5.74, 6) is -0.786. The topological polar surface area (TPSA) is 107 Å². The second-order valence-corrected chi connectivity index (χ2v) is 9.73. The molecule has 9 heteroatoms. The Morgan fingerprint density at radius 3 is 2.14 bits per heavy atom. The van der Waals surface area contributed by atoms with Gasteiger partial charge in [0.15, 0.2) is 0 Å². The fraction of sp³-hybridized carbons (Fsp3) is 0.650. The highest BCUT2D eigenvalue weighted by Gasteiger charge is 2.42. The molecule has 8 nitrogen and oxygen atoms in total. The van der Waals surface area contributed by atoms with Crippen molar-refractivity contribution in [3.8, 4) is 11.8 Å². The van der Waals surface area contributed by atoms with Crippen LogP contribution >= 0.6 is 0 Å². The van der Waals surface area contributed by atoms with Crippen molar-refractivity contribution in [3.63, 3.8) is 0 Å². The van der Waals surface area contributed by atoms with E-state index < -0.39 is 17.0 Å². The van der Waals surface area contributed by atoms with Crippen LogP contribution in [-0.4, -0.2) is 36.8 Å². The maximum absolute atomic E-state index is 12.3. The van der Waals surface area contributed by atoms with Crippen molar-refractivity contribution in [2.75, 3.05) is 0 Å². The third-order valence-electron chi connectivity index (χ3n) is 5.75. The fourth-order valence-corrected chi connectivity index (χ4v) is 5.17. The van der Waals surface area contributed by atoms with Crippen LogP contribution in [0.2, 0.25) is 0 Å². The quantitative estimate of drug-likeness (QED) is 0.552. The SMILES string of the molecule is CC(C)(C)OC(=O)C1CCC(OS(=O)On2c(O)c3c(c2O)C2C=CC3C2)CC1. The molecule has 2 N–H and O–H groups in total. The molecule has 1 fully saturated rings. The first-order chi connectivity index (χ1) is 13.6. The third kappa shape index (κ3) is 3.90. The molecule has 0 saturated heterocycles. The zero-order valence-electron chi connectivity index (χ0n) is 16.8. The van der Waals surface area contributed by atoms with E-state index in [1.165, 1.54) is 0 Å². The summed E-state index contributed by atoms with van der Waals surface area (Å²) in [6.07, 6.45) is 6.74. The zero-order chi connectivity index (χ0) is 20.9. The molecule has 0 spiro atoms. The summed E-state index contributed by atoms with van der Waals surface area (Å²) >= 11 is -2.20. The number of fused-ring (bicyclic) bond motifs is 5. The van der Waals surface area contributed by atoms with Crippen molar-refractivity contribution >= 4 is 17.3 Å². The monoisotopic (exact) mass is 425 g/mol. The molecule has 3 aliphatic carbocycles. The van der Waals surface area contributed by atoms with E-state index in [0.29, 0.717) is 36.8 Å². The molecule has 3 unspecified atom stereocenters. The van der Waals surface area contributed by atoms with E-state index >= 15 is 0 Å². The highest BCUT2D eigenvalue weighted by Crippen LogP contribution is 2.56. The van der Waals surface area contributed by atoms with Gasteiger partial charge in [-0.15, -0.1) is 0 Å². The average molecular weight is 426 g/mol. The lowest BCUT2D eigenvalue weighted by Crippen LogP contribution is -2.33. The van der Waals surface area contributed by atoms with E-state index in [0.717, 1.165) is 11.2 Å². The van der Waals surface area contributed by atoms with Crippen molar-refractivity contribution in [2.24, 2.45) is 5.92 Å². The van der Waals surface area contributed by atoms with Crippen LogP contribution in [0.25, 0.3) is 0 Å². The van der Waals surface area contributed by atoms with Gasteiger partial charge in [0.1, 0.15) is 5.60 Å².